The van der Waals surface area contributed by atoms with E-state index >= 15 is 0 Å². The summed E-state index contributed by atoms with van der Waals surface area (Å²) in [4.78, 5) is 27.5. The third kappa shape index (κ3) is 4.49. The van der Waals surface area contributed by atoms with E-state index in [2.05, 4.69) is 26.1 Å². The van der Waals surface area contributed by atoms with Crippen molar-refractivity contribution in [3.8, 4) is 0 Å². The molecule has 1 atom stereocenters. The summed E-state index contributed by atoms with van der Waals surface area (Å²) in [6.07, 6.45) is 4.37. The average Bonchev–Trinajstić information content (AvgIpc) is 3.28. The van der Waals surface area contributed by atoms with E-state index < -0.39 is 0 Å². The van der Waals surface area contributed by atoms with Gasteiger partial charge in [-0.05, 0) is 54.5 Å². The number of nitrogens with one attached hydrogen (secondary N) is 1. The van der Waals surface area contributed by atoms with Crippen LogP contribution in [0.15, 0.2) is 17.5 Å². The van der Waals surface area contributed by atoms with Crippen LogP contribution < -0.4 is 5.32 Å². The molecule has 0 fully saturated rings. The smallest absolute Gasteiger partial charge is 0.341 e. The van der Waals surface area contributed by atoms with Gasteiger partial charge in [0, 0.05) is 9.75 Å². The van der Waals surface area contributed by atoms with Crippen molar-refractivity contribution in [1.29, 1.82) is 0 Å². The minimum absolute atomic E-state index is 0.0861. The van der Waals surface area contributed by atoms with Crippen LogP contribution in [0.3, 0.4) is 0 Å². The van der Waals surface area contributed by atoms with Gasteiger partial charge >= 0.3 is 5.97 Å². The van der Waals surface area contributed by atoms with Gasteiger partial charge in [0.25, 0.3) is 0 Å². The number of rotatable bonds is 7. The molecule has 0 spiro atoms. The third-order valence-electron chi connectivity index (χ3n) is 5.93. The minimum atomic E-state index is -0.320. The van der Waals surface area contributed by atoms with Crippen LogP contribution in [-0.4, -0.2) is 18.5 Å². The molecule has 28 heavy (non-hydrogen) atoms. The van der Waals surface area contributed by atoms with Gasteiger partial charge in [0.15, 0.2) is 0 Å². The molecule has 0 radical (unpaired) electrons. The first kappa shape index (κ1) is 21.1. The van der Waals surface area contributed by atoms with E-state index in [1.807, 2.05) is 24.4 Å². The summed E-state index contributed by atoms with van der Waals surface area (Å²) < 4.78 is 5.31. The second-order valence-electron chi connectivity index (χ2n) is 8.01. The van der Waals surface area contributed by atoms with Gasteiger partial charge < -0.3 is 10.1 Å². The van der Waals surface area contributed by atoms with Crippen LogP contribution in [0.25, 0.3) is 0 Å². The summed E-state index contributed by atoms with van der Waals surface area (Å²) in [5.41, 5.74) is 1.93. The maximum atomic E-state index is 12.7. The highest BCUT2D eigenvalue weighted by Crippen LogP contribution is 2.45. The number of ether oxygens (including phenoxy) is 1. The molecule has 1 unspecified atom stereocenters. The molecule has 2 heterocycles. The normalized spacial score (nSPS) is 16.5. The predicted molar refractivity (Wildman–Crippen MR) is 117 cm³/mol. The van der Waals surface area contributed by atoms with Crippen LogP contribution in [0.5, 0.6) is 0 Å². The van der Waals surface area contributed by atoms with Gasteiger partial charge in [0.1, 0.15) is 5.00 Å². The zero-order valence-electron chi connectivity index (χ0n) is 17.1. The molecular formula is C22H29NO3S2. The van der Waals surface area contributed by atoms with E-state index in [1.54, 1.807) is 22.7 Å². The molecule has 4 nitrogen and oxygen atoms in total. The number of esters is 1. The zero-order chi connectivity index (χ0) is 20.3. The maximum Gasteiger partial charge on any atom is 0.341 e. The lowest BCUT2D eigenvalue weighted by molar-refractivity contribution is -0.115. The van der Waals surface area contributed by atoms with Crippen LogP contribution in [0.4, 0.5) is 5.00 Å². The summed E-state index contributed by atoms with van der Waals surface area (Å²) in [5.74, 6) is 0.185. The van der Waals surface area contributed by atoms with Crippen LogP contribution >= 0.6 is 22.7 Å². The lowest BCUT2D eigenvalue weighted by atomic mass is 9.69. The first-order valence-electron chi connectivity index (χ1n) is 9.99. The number of fused-ring (bicyclic) bond motifs is 1. The zero-order valence-corrected chi connectivity index (χ0v) is 18.7. The van der Waals surface area contributed by atoms with Crippen molar-refractivity contribution in [2.45, 2.75) is 59.8 Å². The Balaban J connectivity index is 1.87. The molecule has 0 aromatic carbocycles. The fourth-order valence-corrected chi connectivity index (χ4v) is 5.83. The van der Waals surface area contributed by atoms with Gasteiger partial charge in [-0.3, -0.25) is 4.79 Å². The average molecular weight is 420 g/mol. The molecule has 2 aromatic heterocycles. The Kier molecular flexibility index (Phi) is 6.61. The summed E-state index contributed by atoms with van der Waals surface area (Å²) in [5, 5.41) is 5.62. The summed E-state index contributed by atoms with van der Waals surface area (Å²) >= 11 is 3.12. The molecule has 6 heteroatoms. The quantitative estimate of drug-likeness (QED) is 0.585. The first-order valence-corrected chi connectivity index (χ1v) is 11.7. The van der Waals surface area contributed by atoms with E-state index in [0.29, 0.717) is 29.5 Å². The van der Waals surface area contributed by atoms with Gasteiger partial charge in [0.05, 0.1) is 18.6 Å². The molecule has 1 amide bonds. The van der Waals surface area contributed by atoms with Crippen molar-refractivity contribution in [2.75, 3.05) is 11.9 Å². The fourth-order valence-electron chi connectivity index (χ4n) is 3.79. The maximum absolute atomic E-state index is 12.7. The molecule has 1 N–H and O–H groups in total. The topological polar surface area (TPSA) is 55.4 Å². The van der Waals surface area contributed by atoms with Crippen molar-refractivity contribution in [1.82, 2.24) is 0 Å². The molecule has 0 saturated carbocycles. The number of anilines is 1. The van der Waals surface area contributed by atoms with Crippen LogP contribution in [-0.2, 0) is 28.8 Å². The van der Waals surface area contributed by atoms with Crippen molar-refractivity contribution in [2.24, 2.45) is 11.3 Å². The van der Waals surface area contributed by atoms with Crippen molar-refractivity contribution in [3.05, 3.63) is 38.4 Å². The third-order valence-corrected chi connectivity index (χ3v) is 7.98. The van der Waals surface area contributed by atoms with Crippen molar-refractivity contribution in [3.63, 3.8) is 0 Å². The molecule has 0 bridgehead atoms. The molecular weight excluding hydrogens is 390 g/mol. The van der Waals surface area contributed by atoms with Gasteiger partial charge in [0.2, 0.25) is 5.91 Å². The van der Waals surface area contributed by atoms with E-state index in [9.17, 15) is 9.59 Å². The Labute approximate surface area is 175 Å². The fraction of sp³-hybridized carbons (Fsp3) is 0.545. The van der Waals surface area contributed by atoms with E-state index in [4.69, 9.17) is 4.74 Å². The largest absolute Gasteiger partial charge is 0.462 e. The van der Waals surface area contributed by atoms with E-state index in [0.717, 1.165) is 36.1 Å². The van der Waals surface area contributed by atoms with Crippen molar-refractivity contribution >= 4 is 39.6 Å². The molecule has 0 aliphatic heterocycles. The molecule has 3 rings (SSSR count). The highest BCUT2D eigenvalue weighted by Gasteiger charge is 2.35. The lowest BCUT2D eigenvalue weighted by Gasteiger charge is -2.36. The summed E-state index contributed by atoms with van der Waals surface area (Å²) in [6, 6.07) is 3.89. The van der Waals surface area contributed by atoms with Gasteiger partial charge in [-0.15, -0.1) is 22.7 Å². The summed E-state index contributed by atoms with van der Waals surface area (Å²) in [7, 11) is 0. The van der Waals surface area contributed by atoms with Gasteiger partial charge in [-0.1, -0.05) is 33.3 Å². The molecule has 1 aliphatic rings. The summed E-state index contributed by atoms with van der Waals surface area (Å²) in [6.45, 7) is 9.03. The Morgan fingerprint density at radius 1 is 1.32 bits per heavy atom. The second-order valence-corrected chi connectivity index (χ2v) is 10.2. The van der Waals surface area contributed by atoms with Crippen LogP contribution in [0, 0.1) is 11.3 Å². The number of hydrogen-bond acceptors (Lipinski definition) is 5. The van der Waals surface area contributed by atoms with E-state index in [1.165, 1.54) is 4.88 Å². The Hall–Kier alpha value is -1.66. The highest BCUT2D eigenvalue weighted by molar-refractivity contribution is 7.17. The van der Waals surface area contributed by atoms with Crippen molar-refractivity contribution < 1.29 is 14.3 Å². The SMILES string of the molecule is CCOC(=O)c1c(NC(=O)Cc2cccs2)sc2c1CCC(C(C)(C)CC)C2. The standard InChI is InChI=1S/C22H29NO3S2/c1-5-22(3,4)14-9-10-16-17(12-14)28-20(19(16)21(25)26-6-2)23-18(24)13-15-8-7-11-27-15/h7-8,11,14H,5-6,9-10,12-13H2,1-4H3,(H,23,24). The molecule has 1 aliphatic carbocycles. The molecule has 152 valence electrons. The van der Waals surface area contributed by atoms with Gasteiger partial charge in [-0.2, -0.15) is 0 Å². The second kappa shape index (κ2) is 8.78. The monoisotopic (exact) mass is 419 g/mol. The number of carbonyl (C=O) groups excluding carboxylic acids is 2. The Morgan fingerprint density at radius 2 is 2.11 bits per heavy atom. The Bertz CT molecular complexity index is 836. The number of thiophene rings is 2. The number of carbonyl (C=O) groups is 2. The van der Waals surface area contributed by atoms with Crippen LogP contribution in [0.2, 0.25) is 0 Å². The number of hydrogen-bond donors (Lipinski definition) is 1. The number of amides is 1. The molecule has 0 saturated heterocycles. The van der Waals surface area contributed by atoms with Crippen LogP contribution in [0.1, 0.15) is 66.2 Å². The minimum Gasteiger partial charge on any atom is -0.462 e. The predicted octanol–water partition coefficient (Wildman–Crippen LogP) is 5.71. The lowest BCUT2D eigenvalue weighted by Crippen LogP contribution is -2.28. The highest BCUT2D eigenvalue weighted by atomic mass is 32.1. The Morgan fingerprint density at radius 3 is 2.75 bits per heavy atom. The van der Waals surface area contributed by atoms with E-state index in [-0.39, 0.29) is 17.3 Å². The van der Waals surface area contributed by atoms with Gasteiger partial charge in [-0.25, -0.2) is 4.79 Å². The first-order chi connectivity index (χ1) is 13.4. The molecule has 2 aromatic rings.